The van der Waals surface area contributed by atoms with Crippen LogP contribution < -0.4 is 0 Å². The van der Waals surface area contributed by atoms with E-state index in [0.29, 0.717) is 12.4 Å². The number of nitrogens with zero attached hydrogens (tertiary/aromatic N) is 1. The van der Waals surface area contributed by atoms with Crippen LogP contribution in [0.1, 0.15) is 50.6 Å². The molecule has 2 aliphatic heterocycles. The molecule has 0 saturated carbocycles. The van der Waals surface area contributed by atoms with Crippen molar-refractivity contribution in [3.63, 3.8) is 0 Å². The van der Waals surface area contributed by atoms with Crippen LogP contribution in [0.5, 0.6) is 0 Å². The van der Waals surface area contributed by atoms with Crippen molar-refractivity contribution in [3.8, 4) is 11.3 Å². The largest absolute Gasteiger partial charge is 0.356 e. The highest BCUT2D eigenvalue weighted by molar-refractivity contribution is 5.63. The quantitative estimate of drug-likeness (QED) is 0.799. The molecule has 27 heavy (non-hydrogen) atoms. The second-order valence-electron chi connectivity index (χ2n) is 8.26. The predicted molar refractivity (Wildman–Crippen MR) is 99.1 cm³/mol. The van der Waals surface area contributed by atoms with Crippen LogP contribution in [0.3, 0.4) is 0 Å². The molecule has 0 amide bonds. The highest BCUT2D eigenvalue weighted by atomic mass is 16.8. The van der Waals surface area contributed by atoms with Crippen LogP contribution in [0.15, 0.2) is 28.8 Å². The molecule has 2 aliphatic rings. The first-order valence-electron chi connectivity index (χ1n) is 9.36. The molecule has 0 radical (unpaired) electrons. The van der Waals surface area contributed by atoms with Gasteiger partial charge in [0, 0.05) is 5.56 Å². The molecule has 3 heterocycles. The zero-order valence-corrected chi connectivity index (χ0v) is 16.7. The molecular weight excluding hydrogens is 346 g/mol. The van der Waals surface area contributed by atoms with Crippen LogP contribution in [0.25, 0.3) is 11.3 Å². The molecule has 2 fully saturated rings. The van der Waals surface area contributed by atoms with Gasteiger partial charge >= 0.3 is 0 Å². The van der Waals surface area contributed by atoms with Gasteiger partial charge in [0.15, 0.2) is 17.3 Å². The van der Waals surface area contributed by atoms with Crippen LogP contribution in [0.2, 0.25) is 0 Å². The molecule has 0 unspecified atom stereocenters. The van der Waals surface area contributed by atoms with Crippen molar-refractivity contribution >= 4 is 0 Å². The second kappa shape index (κ2) is 6.41. The lowest BCUT2D eigenvalue weighted by molar-refractivity contribution is -0.174. The fraction of sp³-hybridized carbons (Fsp3) is 0.571. The molecule has 3 atom stereocenters. The summed E-state index contributed by atoms with van der Waals surface area (Å²) in [5, 5.41) is 4.21. The van der Waals surface area contributed by atoms with Crippen molar-refractivity contribution in [2.75, 3.05) is 6.61 Å². The summed E-state index contributed by atoms with van der Waals surface area (Å²) < 4.78 is 30.1. The molecular formula is C21H27NO5. The number of ether oxygens (including phenoxy) is 4. The van der Waals surface area contributed by atoms with E-state index in [0.717, 1.165) is 16.8 Å². The topological polar surface area (TPSA) is 63.0 Å². The van der Waals surface area contributed by atoms with E-state index in [1.54, 1.807) is 0 Å². The van der Waals surface area contributed by atoms with Gasteiger partial charge in [0.05, 0.1) is 17.9 Å². The van der Waals surface area contributed by atoms with Crippen molar-refractivity contribution in [1.29, 1.82) is 0 Å². The third kappa shape index (κ3) is 3.55. The molecule has 1 aromatic heterocycles. The molecule has 146 valence electrons. The zero-order chi connectivity index (χ0) is 19.4. The maximum absolute atomic E-state index is 6.30. The van der Waals surface area contributed by atoms with Crippen LogP contribution in [0.4, 0.5) is 0 Å². The van der Waals surface area contributed by atoms with E-state index in [4.69, 9.17) is 23.5 Å². The third-order valence-electron chi connectivity index (χ3n) is 5.03. The molecule has 6 nitrogen and oxygen atoms in total. The first-order chi connectivity index (χ1) is 12.7. The Hall–Kier alpha value is -1.73. The Morgan fingerprint density at radius 1 is 0.926 bits per heavy atom. The monoisotopic (exact) mass is 373 g/mol. The summed E-state index contributed by atoms with van der Waals surface area (Å²) >= 11 is 0. The van der Waals surface area contributed by atoms with Gasteiger partial charge in [0.1, 0.15) is 18.3 Å². The minimum absolute atomic E-state index is 0.230. The molecule has 2 saturated heterocycles. The van der Waals surface area contributed by atoms with Crippen molar-refractivity contribution in [2.45, 2.75) is 71.4 Å². The Labute approximate surface area is 159 Å². The SMILES string of the molecule is Cc1ccc(-c2onc(C)c2[C@@H]2OC(C)(C)O[C@@H]2[C@H]2COC(C)(C)O2)cc1. The Morgan fingerprint density at radius 3 is 2.26 bits per heavy atom. The Morgan fingerprint density at radius 2 is 1.63 bits per heavy atom. The van der Waals surface area contributed by atoms with Crippen molar-refractivity contribution in [3.05, 3.63) is 41.1 Å². The van der Waals surface area contributed by atoms with Gasteiger partial charge in [-0.15, -0.1) is 0 Å². The van der Waals surface area contributed by atoms with Gasteiger partial charge in [0.2, 0.25) is 0 Å². The van der Waals surface area contributed by atoms with E-state index in [1.807, 2.05) is 46.8 Å². The Kier molecular flexibility index (Phi) is 4.42. The molecule has 0 bridgehead atoms. The lowest BCUT2D eigenvalue weighted by Crippen LogP contribution is -2.35. The van der Waals surface area contributed by atoms with E-state index >= 15 is 0 Å². The standard InChI is InChI=1S/C21H27NO5/c1-12-7-9-14(10-8-12)17-16(13(2)22-27-17)19-18(25-21(5,6)26-19)15-11-23-20(3,4)24-15/h7-10,15,18-19H,11H2,1-6H3/t15-,18-,19+/m1/s1. The number of hydrogen-bond acceptors (Lipinski definition) is 6. The second-order valence-corrected chi connectivity index (χ2v) is 8.26. The predicted octanol–water partition coefficient (Wildman–Crippen LogP) is 4.30. The maximum atomic E-state index is 6.30. The lowest BCUT2D eigenvalue weighted by atomic mass is 9.96. The summed E-state index contributed by atoms with van der Waals surface area (Å²) in [5.74, 6) is -0.656. The molecule has 0 aliphatic carbocycles. The Balaban J connectivity index is 1.73. The molecule has 2 aromatic rings. The van der Waals surface area contributed by atoms with Crippen LogP contribution in [0, 0.1) is 13.8 Å². The van der Waals surface area contributed by atoms with Gasteiger partial charge in [-0.3, -0.25) is 0 Å². The van der Waals surface area contributed by atoms with Crippen LogP contribution in [-0.4, -0.2) is 35.5 Å². The average Bonchev–Trinajstić information content (AvgIpc) is 3.23. The van der Waals surface area contributed by atoms with Crippen molar-refractivity contribution in [1.82, 2.24) is 5.16 Å². The number of hydrogen-bond donors (Lipinski definition) is 0. The lowest BCUT2D eigenvalue weighted by Gasteiger charge is -2.24. The highest BCUT2D eigenvalue weighted by Crippen LogP contribution is 2.46. The summed E-state index contributed by atoms with van der Waals surface area (Å²) in [6.45, 7) is 12.1. The highest BCUT2D eigenvalue weighted by Gasteiger charge is 2.51. The summed E-state index contributed by atoms with van der Waals surface area (Å²) in [4.78, 5) is 0. The van der Waals surface area contributed by atoms with Crippen LogP contribution in [-0.2, 0) is 18.9 Å². The normalized spacial score (nSPS) is 29.3. The summed E-state index contributed by atoms with van der Waals surface area (Å²) in [7, 11) is 0. The minimum atomic E-state index is -0.736. The smallest absolute Gasteiger partial charge is 0.173 e. The maximum Gasteiger partial charge on any atom is 0.173 e. The average molecular weight is 373 g/mol. The van der Waals surface area contributed by atoms with Gasteiger partial charge in [-0.05, 0) is 41.5 Å². The molecule has 1 aromatic carbocycles. The van der Waals surface area contributed by atoms with E-state index in [-0.39, 0.29) is 18.3 Å². The van der Waals surface area contributed by atoms with E-state index < -0.39 is 11.6 Å². The van der Waals surface area contributed by atoms with Gasteiger partial charge in [0.25, 0.3) is 0 Å². The van der Waals surface area contributed by atoms with Gasteiger partial charge in [-0.2, -0.15) is 0 Å². The van der Waals surface area contributed by atoms with E-state index in [9.17, 15) is 0 Å². The first kappa shape index (κ1) is 18.6. The van der Waals surface area contributed by atoms with E-state index in [2.05, 4.69) is 24.2 Å². The van der Waals surface area contributed by atoms with E-state index in [1.165, 1.54) is 5.56 Å². The Bertz CT molecular complexity index is 824. The molecule has 4 rings (SSSR count). The number of benzene rings is 1. The fourth-order valence-corrected chi connectivity index (χ4v) is 3.79. The first-order valence-corrected chi connectivity index (χ1v) is 9.36. The van der Waals surface area contributed by atoms with Crippen LogP contribution >= 0.6 is 0 Å². The molecule has 0 N–H and O–H groups in total. The van der Waals surface area contributed by atoms with Crippen molar-refractivity contribution < 1.29 is 23.5 Å². The van der Waals surface area contributed by atoms with Gasteiger partial charge in [-0.25, -0.2) is 0 Å². The number of aromatic nitrogens is 1. The summed E-state index contributed by atoms with van der Waals surface area (Å²) in [6.07, 6.45) is -0.902. The van der Waals surface area contributed by atoms with Gasteiger partial charge < -0.3 is 23.5 Å². The van der Waals surface area contributed by atoms with Crippen molar-refractivity contribution in [2.24, 2.45) is 0 Å². The summed E-state index contributed by atoms with van der Waals surface area (Å²) in [5.41, 5.74) is 3.85. The zero-order valence-electron chi connectivity index (χ0n) is 16.7. The fourth-order valence-electron chi connectivity index (χ4n) is 3.79. The number of aryl methyl sites for hydroxylation is 2. The molecule has 0 spiro atoms. The number of rotatable bonds is 3. The molecule has 6 heteroatoms. The van der Waals surface area contributed by atoms with Gasteiger partial charge in [-0.1, -0.05) is 35.0 Å². The minimum Gasteiger partial charge on any atom is -0.356 e. The third-order valence-corrected chi connectivity index (χ3v) is 5.03. The summed E-state index contributed by atoms with van der Waals surface area (Å²) in [6, 6.07) is 8.18.